The van der Waals surface area contributed by atoms with E-state index in [1.54, 1.807) is 16.9 Å². The molecule has 51 heavy (non-hydrogen) atoms. The highest BCUT2D eigenvalue weighted by Crippen LogP contribution is 2.37. The van der Waals surface area contributed by atoms with Crippen LogP contribution in [0.15, 0.2) is 59.8 Å². The maximum Gasteiger partial charge on any atom is 0.302 e. The summed E-state index contributed by atoms with van der Waals surface area (Å²) in [6.45, 7) is 6.95. The second-order valence-corrected chi connectivity index (χ2v) is 15.7. The third-order valence-electron chi connectivity index (χ3n) is 9.47. The molecule has 4 heterocycles. The highest BCUT2D eigenvalue weighted by Gasteiger charge is 2.41. The molecular formula is C36H42Cl2N6O6S. The van der Waals surface area contributed by atoms with Gasteiger partial charge in [0, 0.05) is 60.6 Å². The number of halogens is 2. The Morgan fingerprint density at radius 3 is 2.61 bits per heavy atom. The zero-order valence-corrected chi connectivity index (χ0v) is 31.0. The molecule has 2 aliphatic rings. The first-order valence-electron chi connectivity index (χ1n) is 17.2. The van der Waals surface area contributed by atoms with Gasteiger partial charge in [0.05, 0.1) is 17.3 Å². The number of benzene rings is 2. The molecule has 1 unspecified atom stereocenters. The monoisotopic (exact) mass is 756 g/mol. The molecule has 2 aromatic heterocycles. The Morgan fingerprint density at radius 1 is 1.06 bits per heavy atom. The zero-order valence-electron chi connectivity index (χ0n) is 28.7. The minimum absolute atomic E-state index is 0.0465. The van der Waals surface area contributed by atoms with E-state index in [1.807, 2.05) is 37.4 Å². The van der Waals surface area contributed by atoms with E-state index in [-0.39, 0.29) is 40.0 Å². The molecule has 1 N–H and O–H groups in total. The number of nitrogens with one attached hydrogen (secondary N) is 1. The molecule has 2 aromatic carbocycles. The summed E-state index contributed by atoms with van der Waals surface area (Å²) in [6.07, 6.45) is 7.16. The number of ether oxygens (including phenoxy) is 2. The Balaban J connectivity index is 1.11. The molecule has 0 aliphatic carbocycles. The Bertz CT molecular complexity index is 1990. The fourth-order valence-corrected chi connectivity index (χ4v) is 9.32. The lowest BCUT2D eigenvalue weighted by Crippen LogP contribution is -2.47. The first kappa shape index (κ1) is 37.0. The van der Waals surface area contributed by atoms with Crippen molar-refractivity contribution in [2.75, 3.05) is 39.3 Å². The molecule has 0 radical (unpaired) electrons. The lowest BCUT2D eigenvalue weighted by atomic mass is 9.96. The molecule has 15 heteroatoms. The minimum atomic E-state index is -4.16. The zero-order chi connectivity index (χ0) is 36.1. The van der Waals surface area contributed by atoms with Crippen LogP contribution in [0.2, 0.25) is 10.0 Å². The van der Waals surface area contributed by atoms with Crippen LogP contribution in [0, 0.1) is 12.8 Å². The van der Waals surface area contributed by atoms with E-state index < -0.39 is 16.1 Å². The molecule has 0 bridgehead atoms. The van der Waals surface area contributed by atoms with Crippen LogP contribution in [0.25, 0.3) is 16.6 Å². The Morgan fingerprint density at radius 2 is 1.86 bits per heavy atom. The molecule has 6 rings (SSSR count). The Hall–Kier alpha value is -3.75. The summed E-state index contributed by atoms with van der Waals surface area (Å²) >= 11 is 13.4. The molecule has 2 fully saturated rings. The number of esters is 1. The molecule has 0 spiro atoms. The summed E-state index contributed by atoms with van der Waals surface area (Å²) in [5, 5.41) is 8.43. The van der Waals surface area contributed by atoms with Gasteiger partial charge in [0.2, 0.25) is 15.9 Å². The standard InChI is InChI=1S/C36H42Cl2N6O6S/c1-24-21-31(43-16-5-14-40-43)27-7-3-9-32(35(27)41-24)50-23-28-29(37)10-11-33(34(28)38)51(47,48)44-17-4-8-30(44)36(46)39-22-26-12-18-42(19-13-26)15-6-20-49-25(2)45/h3,5,7,9-11,14,16,21,26,30H,4,6,8,12-13,15,17-20,22-23H2,1-2H3,(H,39,46). The largest absolute Gasteiger partial charge is 0.487 e. The normalized spacial score (nSPS) is 17.5. The van der Waals surface area contributed by atoms with Crippen molar-refractivity contribution >= 4 is 56.0 Å². The molecule has 272 valence electrons. The summed E-state index contributed by atoms with van der Waals surface area (Å²) in [6, 6.07) is 11.4. The first-order chi connectivity index (χ1) is 24.5. The number of fused-ring (bicyclic) bond motifs is 1. The van der Waals surface area contributed by atoms with Gasteiger partial charge in [-0.05, 0) is 88.4 Å². The van der Waals surface area contributed by atoms with E-state index in [1.165, 1.54) is 23.4 Å². The molecule has 1 amide bonds. The number of para-hydroxylation sites is 1. The van der Waals surface area contributed by atoms with Crippen LogP contribution < -0.4 is 10.1 Å². The number of piperidine rings is 1. The van der Waals surface area contributed by atoms with Gasteiger partial charge in [-0.15, -0.1) is 0 Å². The fraction of sp³-hybridized carbons (Fsp3) is 0.444. The maximum atomic E-state index is 14.1. The quantitative estimate of drug-likeness (QED) is 0.138. The van der Waals surface area contributed by atoms with E-state index in [2.05, 4.69) is 15.3 Å². The van der Waals surface area contributed by atoms with Gasteiger partial charge in [-0.1, -0.05) is 35.3 Å². The van der Waals surface area contributed by atoms with Crippen LogP contribution in [0.4, 0.5) is 0 Å². The lowest BCUT2D eigenvalue weighted by Gasteiger charge is -2.32. The van der Waals surface area contributed by atoms with Gasteiger partial charge >= 0.3 is 5.97 Å². The fourth-order valence-electron chi connectivity index (χ4n) is 6.80. The number of likely N-dealkylation sites (tertiary alicyclic amines) is 1. The average molecular weight is 758 g/mol. The van der Waals surface area contributed by atoms with Crippen LogP contribution >= 0.6 is 23.2 Å². The van der Waals surface area contributed by atoms with Gasteiger partial charge in [0.25, 0.3) is 0 Å². The van der Waals surface area contributed by atoms with Gasteiger partial charge in [0.15, 0.2) is 0 Å². The number of carbonyl (C=O) groups is 2. The lowest BCUT2D eigenvalue weighted by molar-refractivity contribution is -0.141. The van der Waals surface area contributed by atoms with Crippen molar-refractivity contribution in [1.82, 2.24) is 29.3 Å². The third-order valence-corrected chi connectivity index (χ3v) is 12.3. The van der Waals surface area contributed by atoms with Crippen LogP contribution in [0.1, 0.15) is 50.3 Å². The van der Waals surface area contributed by atoms with Gasteiger partial charge in [0.1, 0.15) is 28.8 Å². The Kier molecular flexibility index (Phi) is 11.8. The SMILES string of the molecule is CC(=O)OCCCN1CCC(CNC(=O)C2CCCN2S(=O)(=O)c2ccc(Cl)c(COc3cccc4c(-n5cccn5)cc(C)nc34)c2Cl)CC1. The summed E-state index contributed by atoms with van der Waals surface area (Å²) in [4.78, 5) is 31.3. The smallest absolute Gasteiger partial charge is 0.302 e. The molecule has 2 aliphatic heterocycles. The van der Waals surface area contributed by atoms with Crippen molar-refractivity contribution in [1.29, 1.82) is 0 Å². The van der Waals surface area contributed by atoms with Gasteiger partial charge in [-0.25, -0.2) is 18.1 Å². The highest BCUT2D eigenvalue weighted by molar-refractivity contribution is 7.89. The summed E-state index contributed by atoms with van der Waals surface area (Å²) in [7, 11) is -4.16. The van der Waals surface area contributed by atoms with Crippen LogP contribution in [0.5, 0.6) is 5.75 Å². The van der Waals surface area contributed by atoms with E-state index in [0.29, 0.717) is 48.7 Å². The first-order valence-corrected chi connectivity index (χ1v) is 19.4. The van der Waals surface area contributed by atoms with Crippen molar-refractivity contribution in [3.05, 3.63) is 76.2 Å². The summed E-state index contributed by atoms with van der Waals surface area (Å²) < 4.78 is 42.4. The number of amides is 1. The molecule has 0 saturated carbocycles. The predicted molar refractivity (Wildman–Crippen MR) is 195 cm³/mol. The van der Waals surface area contributed by atoms with Crippen molar-refractivity contribution in [3.8, 4) is 11.4 Å². The number of rotatable bonds is 13. The van der Waals surface area contributed by atoms with E-state index in [4.69, 9.17) is 37.7 Å². The summed E-state index contributed by atoms with van der Waals surface area (Å²) in [5.41, 5.74) is 2.55. The van der Waals surface area contributed by atoms with Crippen molar-refractivity contribution in [2.24, 2.45) is 5.92 Å². The highest BCUT2D eigenvalue weighted by atomic mass is 35.5. The Labute approximate surface area is 308 Å². The van der Waals surface area contributed by atoms with Crippen LogP contribution in [-0.2, 0) is 31.0 Å². The predicted octanol–water partition coefficient (Wildman–Crippen LogP) is 5.55. The van der Waals surface area contributed by atoms with Gasteiger partial charge in [-0.3, -0.25) is 9.59 Å². The topological polar surface area (TPSA) is 136 Å². The second-order valence-electron chi connectivity index (χ2n) is 13.0. The van der Waals surface area contributed by atoms with Gasteiger partial charge in [-0.2, -0.15) is 9.40 Å². The van der Waals surface area contributed by atoms with Crippen molar-refractivity contribution in [3.63, 3.8) is 0 Å². The number of nitrogens with zero attached hydrogens (tertiary/aromatic N) is 5. The summed E-state index contributed by atoms with van der Waals surface area (Å²) in [5.74, 6) is 0.209. The molecule has 12 nitrogen and oxygen atoms in total. The molecule has 2 saturated heterocycles. The number of hydrogen-bond acceptors (Lipinski definition) is 9. The van der Waals surface area contributed by atoms with E-state index in [0.717, 1.165) is 55.7 Å². The number of sulfonamides is 1. The molecular weight excluding hydrogens is 715 g/mol. The minimum Gasteiger partial charge on any atom is -0.487 e. The number of carbonyl (C=O) groups excluding carboxylic acids is 2. The third kappa shape index (κ3) is 8.49. The van der Waals surface area contributed by atoms with Crippen LogP contribution in [-0.4, -0.2) is 89.6 Å². The maximum absolute atomic E-state index is 14.1. The van der Waals surface area contributed by atoms with Crippen molar-refractivity contribution < 1.29 is 27.5 Å². The van der Waals surface area contributed by atoms with Crippen molar-refractivity contribution in [2.45, 2.75) is 63.5 Å². The van der Waals surface area contributed by atoms with Gasteiger partial charge < -0.3 is 19.7 Å². The number of hydrogen-bond donors (Lipinski definition) is 1. The van der Waals surface area contributed by atoms with Crippen LogP contribution in [0.3, 0.4) is 0 Å². The van der Waals surface area contributed by atoms with E-state index >= 15 is 0 Å². The number of aryl methyl sites for hydroxylation is 1. The average Bonchev–Trinajstić information content (AvgIpc) is 3.83. The number of aromatic nitrogens is 3. The molecule has 4 aromatic rings. The number of pyridine rings is 1. The molecule has 1 atom stereocenters. The van der Waals surface area contributed by atoms with E-state index in [9.17, 15) is 18.0 Å². The second kappa shape index (κ2) is 16.3.